The summed E-state index contributed by atoms with van der Waals surface area (Å²) < 4.78 is 1.89. The molecule has 9 heteroatoms. The minimum atomic E-state index is -0.244. The van der Waals surface area contributed by atoms with Gasteiger partial charge in [-0.1, -0.05) is 24.3 Å². The van der Waals surface area contributed by atoms with E-state index in [9.17, 15) is 4.79 Å². The molecule has 9 nitrogen and oxygen atoms in total. The van der Waals surface area contributed by atoms with Crippen LogP contribution in [-0.2, 0) is 12.0 Å². The lowest BCUT2D eigenvalue weighted by Gasteiger charge is -2.42. The maximum absolute atomic E-state index is 13.4. The zero-order valence-electron chi connectivity index (χ0n) is 20.3. The Balaban J connectivity index is 1.18. The number of amides is 1. The van der Waals surface area contributed by atoms with Crippen LogP contribution in [-0.4, -0.2) is 45.3 Å². The summed E-state index contributed by atoms with van der Waals surface area (Å²) in [6.45, 7) is 6.49. The monoisotopic (exact) mass is 472 g/mol. The standard InChI is InChI=1S/C26H32N8O/c1-25(2)8-14-33(20-7-11-30-34(20)25)24(35)21-23(28)31-19(16-29-21)32-12-9-26(10-13-32)15-17-5-3-4-6-18(17)22(26)27/h3-7,11,16,22H,8-10,12-15,27H2,1-2H3,(H2,28,31). The third-order valence-corrected chi connectivity index (χ3v) is 8.33. The molecule has 1 amide bonds. The number of nitrogen functional groups attached to an aromatic ring is 1. The molecule has 3 aliphatic rings. The summed E-state index contributed by atoms with van der Waals surface area (Å²) >= 11 is 0. The minimum absolute atomic E-state index is 0.0694. The zero-order chi connectivity index (χ0) is 24.4. The van der Waals surface area contributed by atoms with Crippen LogP contribution in [0.25, 0.3) is 0 Å². The average Bonchev–Trinajstić information content (AvgIpc) is 3.44. The fourth-order valence-corrected chi connectivity index (χ4v) is 6.10. The third kappa shape index (κ3) is 3.40. The molecule has 182 valence electrons. The lowest BCUT2D eigenvalue weighted by atomic mass is 9.73. The number of nitrogens with zero attached hydrogens (tertiary/aromatic N) is 6. The van der Waals surface area contributed by atoms with E-state index in [1.54, 1.807) is 17.3 Å². The van der Waals surface area contributed by atoms with Gasteiger partial charge in [-0.05, 0) is 56.1 Å². The van der Waals surface area contributed by atoms with Gasteiger partial charge in [0.1, 0.15) is 11.6 Å². The number of hydrogen-bond acceptors (Lipinski definition) is 7. The number of fused-ring (bicyclic) bond motifs is 2. The highest BCUT2D eigenvalue weighted by atomic mass is 16.2. The molecule has 0 radical (unpaired) electrons. The lowest BCUT2D eigenvalue weighted by molar-refractivity contribution is 0.0968. The number of rotatable bonds is 2. The van der Waals surface area contributed by atoms with E-state index in [0.717, 1.165) is 44.6 Å². The Bertz CT molecular complexity index is 1290. The number of piperidine rings is 1. The first-order valence-corrected chi connectivity index (χ1v) is 12.4. The second-order valence-electron chi connectivity index (χ2n) is 10.8. The van der Waals surface area contributed by atoms with Crippen molar-refractivity contribution in [1.29, 1.82) is 0 Å². The fraction of sp³-hybridized carbons (Fsp3) is 0.462. The molecule has 0 saturated carbocycles. The van der Waals surface area contributed by atoms with Crippen LogP contribution in [0.1, 0.15) is 60.8 Å². The van der Waals surface area contributed by atoms with E-state index in [0.29, 0.717) is 12.4 Å². The summed E-state index contributed by atoms with van der Waals surface area (Å²) in [6.07, 6.45) is 7.19. The molecule has 35 heavy (non-hydrogen) atoms. The first kappa shape index (κ1) is 22.0. The Morgan fingerprint density at radius 2 is 1.86 bits per heavy atom. The number of anilines is 3. The van der Waals surface area contributed by atoms with Crippen molar-refractivity contribution < 1.29 is 4.79 Å². The van der Waals surface area contributed by atoms with Crippen LogP contribution < -0.4 is 21.3 Å². The Morgan fingerprint density at radius 1 is 1.09 bits per heavy atom. The number of hydrogen-bond donors (Lipinski definition) is 2. The molecule has 1 aliphatic carbocycles. The molecule has 1 aromatic carbocycles. The quantitative estimate of drug-likeness (QED) is 0.588. The topological polar surface area (TPSA) is 119 Å². The largest absolute Gasteiger partial charge is 0.382 e. The summed E-state index contributed by atoms with van der Waals surface area (Å²) in [5.41, 5.74) is 15.8. The van der Waals surface area contributed by atoms with Gasteiger partial charge < -0.3 is 16.4 Å². The van der Waals surface area contributed by atoms with Crippen LogP contribution in [0, 0.1) is 5.41 Å². The van der Waals surface area contributed by atoms with Crippen molar-refractivity contribution in [1.82, 2.24) is 19.7 Å². The molecule has 2 aromatic heterocycles. The maximum Gasteiger partial charge on any atom is 0.281 e. The lowest BCUT2D eigenvalue weighted by Crippen LogP contribution is -2.46. The summed E-state index contributed by atoms with van der Waals surface area (Å²) in [6, 6.07) is 10.5. The normalized spacial score (nSPS) is 22.2. The molecular weight excluding hydrogens is 440 g/mol. The molecule has 1 spiro atoms. The van der Waals surface area contributed by atoms with Crippen LogP contribution in [0.3, 0.4) is 0 Å². The van der Waals surface area contributed by atoms with Crippen molar-refractivity contribution in [2.45, 2.75) is 51.1 Å². The molecule has 1 unspecified atom stereocenters. The van der Waals surface area contributed by atoms with Gasteiger partial charge in [0.2, 0.25) is 0 Å². The van der Waals surface area contributed by atoms with E-state index < -0.39 is 0 Å². The van der Waals surface area contributed by atoms with Gasteiger partial charge in [-0.15, -0.1) is 0 Å². The number of carbonyl (C=O) groups is 1. The fourth-order valence-electron chi connectivity index (χ4n) is 6.10. The van der Waals surface area contributed by atoms with Crippen molar-refractivity contribution in [2.75, 3.05) is 35.2 Å². The summed E-state index contributed by atoms with van der Waals surface area (Å²) in [4.78, 5) is 26.4. The molecule has 0 bridgehead atoms. The van der Waals surface area contributed by atoms with Crippen molar-refractivity contribution in [3.63, 3.8) is 0 Å². The smallest absolute Gasteiger partial charge is 0.281 e. The van der Waals surface area contributed by atoms with Crippen LogP contribution in [0.2, 0.25) is 0 Å². The molecular formula is C26H32N8O. The Kier molecular flexibility index (Phi) is 4.90. The molecule has 3 aromatic rings. The Labute approximate surface area is 205 Å². The summed E-state index contributed by atoms with van der Waals surface area (Å²) in [5, 5.41) is 4.42. The number of aromatic nitrogens is 4. The summed E-state index contributed by atoms with van der Waals surface area (Å²) in [5.74, 6) is 1.38. The molecule has 6 rings (SSSR count). The van der Waals surface area contributed by atoms with Gasteiger partial charge in [0, 0.05) is 31.7 Å². The van der Waals surface area contributed by atoms with Crippen molar-refractivity contribution >= 4 is 23.4 Å². The molecule has 2 aliphatic heterocycles. The van der Waals surface area contributed by atoms with E-state index in [1.807, 2.05) is 10.7 Å². The van der Waals surface area contributed by atoms with Gasteiger partial charge in [0.05, 0.1) is 17.9 Å². The van der Waals surface area contributed by atoms with E-state index >= 15 is 0 Å². The SMILES string of the molecule is CC1(C)CCN(C(=O)c2ncc(N3CCC4(CC3)Cc3ccccc3C4N)nc2N)c2ccnn21. The predicted octanol–water partition coefficient (Wildman–Crippen LogP) is 2.88. The third-order valence-electron chi connectivity index (χ3n) is 8.33. The van der Waals surface area contributed by atoms with Gasteiger partial charge in [0.25, 0.3) is 5.91 Å². The number of carbonyl (C=O) groups excluding carboxylic acids is 1. The average molecular weight is 473 g/mol. The second kappa shape index (κ2) is 7.78. The highest BCUT2D eigenvalue weighted by molar-refractivity contribution is 6.07. The van der Waals surface area contributed by atoms with Crippen LogP contribution in [0.4, 0.5) is 17.5 Å². The number of benzene rings is 1. The highest BCUT2D eigenvalue weighted by Gasteiger charge is 2.46. The molecule has 1 saturated heterocycles. The van der Waals surface area contributed by atoms with E-state index in [2.05, 4.69) is 58.1 Å². The van der Waals surface area contributed by atoms with E-state index in [-0.39, 0.29) is 34.4 Å². The van der Waals surface area contributed by atoms with Crippen LogP contribution in [0.5, 0.6) is 0 Å². The molecule has 1 atom stereocenters. The molecule has 1 fully saturated rings. The first-order chi connectivity index (χ1) is 16.8. The number of nitrogens with two attached hydrogens (primary N) is 2. The second-order valence-corrected chi connectivity index (χ2v) is 10.8. The van der Waals surface area contributed by atoms with Gasteiger partial charge in [-0.3, -0.25) is 9.69 Å². The van der Waals surface area contributed by atoms with Crippen LogP contribution >= 0.6 is 0 Å². The van der Waals surface area contributed by atoms with Crippen molar-refractivity contribution in [2.24, 2.45) is 11.1 Å². The van der Waals surface area contributed by atoms with E-state index in [4.69, 9.17) is 11.5 Å². The van der Waals surface area contributed by atoms with E-state index in [1.165, 1.54) is 11.1 Å². The molecule has 4 heterocycles. The Hall–Kier alpha value is -3.46. The predicted molar refractivity (Wildman–Crippen MR) is 135 cm³/mol. The van der Waals surface area contributed by atoms with Crippen molar-refractivity contribution in [3.8, 4) is 0 Å². The van der Waals surface area contributed by atoms with Gasteiger partial charge >= 0.3 is 0 Å². The Morgan fingerprint density at radius 3 is 2.60 bits per heavy atom. The van der Waals surface area contributed by atoms with Crippen molar-refractivity contribution in [3.05, 3.63) is 59.5 Å². The highest BCUT2D eigenvalue weighted by Crippen LogP contribution is 2.50. The summed E-state index contributed by atoms with van der Waals surface area (Å²) in [7, 11) is 0. The maximum atomic E-state index is 13.4. The minimum Gasteiger partial charge on any atom is -0.382 e. The van der Waals surface area contributed by atoms with Gasteiger partial charge in [-0.2, -0.15) is 5.10 Å². The molecule has 4 N–H and O–H groups in total. The van der Waals surface area contributed by atoms with Crippen LogP contribution in [0.15, 0.2) is 42.7 Å². The first-order valence-electron chi connectivity index (χ1n) is 12.4. The van der Waals surface area contributed by atoms with Gasteiger partial charge in [0.15, 0.2) is 11.5 Å². The van der Waals surface area contributed by atoms with Gasteiger partial charge in [-0.25, -0.2) is 14.6 Å². The zero-order valence-corrected chi connectivity index (χ0v) is 20.3.